The van der Waals surface area contributed by atoms with Crippen molar-refractivity contribution < 1.29 is 4.79 Å². The molecule has 134 valence electrons. The van der Waals surface area contributed by atoms with Crippen molar-refractivity contribution in [3.05, 3.63) is 30.0 Å². The quantitative estimate of drug-likeness (QED) is 0.786. The van der Waals surface area contributed by atoms with Crippen molar-refractivity contribution >= 4 is 16.8 Å². The molecular weight excluding hydrogens is 314 g/mol. The Morgan fingerprint density at radius 1 is 1.36 bits per heavy atom. The number of piperidine rings is 1. The van der Waals surface area contributed by atoms with Crippen LogP contribution in [0.4, 0.5) is 0 Å². The Hall–Kier alpha value is -1.92. The van der Waals surface area contributed by atoms with Gasteiger partial charge in [0.25, 0.3) is 0 Å². The number of rotatable bonds is 4. The molecule has 6 nitrogen and oxygen atoms in total. The third kappa shape index (κ3) is 3.16. The molecule has 0 saturated carbocycles. The molecule has 6 heteroatoms. The molecule has 1 aromatic heterocycles. The molecule has 0 aliphatic carbocycles. The molecule has 2 aliphatic heterocycles. The minimum atomic E-state index is -0.0716. The van der Waals surface area contributed by atoms with Gasteiger partial charge < -0.3 is 16.0 Å². The van der Waals surface area contributed by atoms with Gasteiger partial charge in [-0.1, -0.05) is 18.2 Å². The summed E-state index contributed by atoms with van der Waals surface area (Å²) in [6.07, 6.45) is 3.27. The van der Waals surface area contributed by atoms with Crippen molar-refractivity contribution in [1.82, 2.24) is 25.7 Å². The van der Waals surface area contributed by atoms with Crippen LogP contribution in [0.2, 0.25) is 0 Å². The summed E-state index contributed by atoms with van der Waals surface area (Å²) in [7, 11) is 0. The van der Waals surface area contributed by atoms with Gasteiger partial charge in [-0.15, -0.1) is 0 Å². The molecule has 2 fully saturated rings. The second-order valence-electron chi connectivity index (χ2n) is 7.39. The maximum Gasteiger partial charge on any atom is 0.237 e. The van der Waals surface area contributed by atoms with Gasteiger partial charge in [-0.3, -0.25) is 9.48 Å². The predicted molar refractivity (Wildman–Crippen MR) is 98.2 cm³/mol. The standard InChI is InChI=1S/C19H27N5O/c1-2-24-17-6-4-3-5-14(17)16(23-24)12-21-18(25)15-11-19(13-22-15)7-9-20-10-8-19/h3-6,15,20,22H,2,7-13H2,1H3,(H,21,25). The normalized spacial score (nSPS) is 22.5. The Bertz CT molecular complexity index is 762. The second kappa shape index (κ2) is 6.77. The highest BCUT2D eigenvalue weighted by Crippen LogP contribution is 2.37. The first-order valence-electron chi connectivity index (χ1n) is 9.37. The Balaban J connectivity index is 1.41. The molecule has 3 heterocycles. The SMILES string of the molecule is CCn1nc(CNC(=O)C2CC3(CCNCC3)CN2)c2ccccc21. The van der Waals surface area contributed by atoms with E-state index in [4.69, 9.17) is 0 Å². The number of hydrogen-bond acceptors (Lipinski definition) is 4. The highest BCUT2D eigenvalue weighted by atomic mass is 16.2. The molecule has 2 aromatic rings. The highest BCUT2D eigenvalue weighted by molar-refractivity contribution is 5.84. The number of aryl methyl sites for hydroxylation is 1. The van der Waals surface area contributed by atoms with Gasteiger partial charge in [-0.2, -0.15) is 5.10 Å². The number of carbonyl (C=O) groups excluding carboxylic acids is 1. The molecule has 1 amide bonds. The van der Waals surface area contributed by atoms with Gasteiger partial charge in [-0.25, -0.2) is 0 Å². The third-order valence-electron chi connectivity index (χ3n) is 5.81. The summed E-state index contributed by atoms with van der Waals surface area (Å²) in [6.45, 7) is 6.49. The van der Waals surface area contributed by atoms with Gasteiger partial charge in [-0.05, 0) is 50.8 Å². The molecule has 1 aromatic carbocycles. The molecule has 3 N–H and O–H groups in total. The Morgan fingerprint density at radius 3 is 2.96 bits per heavy atom. The Kier molecular flexibility index (Phi) is 4.48. The lowest BCUT2D eigenvalue weighted by Gasteiger charge is -2.33. The molecule has 0 radical (unpaired) electrons. The lowest BCUT2D eigenvalue weighted by molar-refractivity contribution is -0.123. The van der Waals surface area contributed by atoms with Gasteiger partial charge in [0.2, 0.25) is 5.91 Å². The zero-order valence-electron chi connectivity index (χ0n) is 14.8. The summed E-state index contributed by atoms with van der Waals surface area (Å²) in [6, 6.07) is 8.14. The van der Waals surface area contributed by atoms with E-state index in [1.165, 1.54) is 0 Å². The minimum absolute atomic E-state index is 0.0716. The summed E-state index contributed by atoms with van der Waals surface area (Å²) < 4.78 is 1.99. The van der Waals surface area contributed by atoms with Crippen LogP contribution in [-0.4, -0.2) is 41.4 Å². The largest absolute Gasteiger partial charge is 0.349 e. The molecule has 25 heavy (non-hydrogen) atoms. The zero-order chi connectivity index (χ0) is 17.3. The van der Waals surface area contributed by atoms with Crippen molar-refractivity contribution in [2.45, 2.75) is 45.3 Å². The van der Waals surface area contributed by atoms with E-state index < -0.39 is 0 Å². The zero-order valence-corrected chi connectivity index (χ0v) is 14.8. The molecule has 2 aliphatic rings. The van der Waals surface area contributed by atoms with Crippen molar-refractivity contribution in [1.29, 1.82) is 0 Å². The minimum Gasteiger partial charge on any atom is -0.349 e. The fraction of sp³-hybridized carbons (Fsp3) is 0.579. The molecule has 1 unspecified atom stereocenters. The van der Waals surface area contributed by atoms with E-state index in [0.29, 0.717) is 12.0 Å². The van der Waals surface area contributed by atoms with Crippen molar-refractivity contribution in [3.63, 3.8) is 0 Å². The van der Waals surface area contributed by atoms with Crippen LogP contribution >= 0.6 is 0 Å². The smallest absolute Gasteiger partial charge is 0.237 e. The first kappa shape index (κ1) is 16.5. The number of nitrogens with one attached hydrogen (secondary N) is 3. The Morgan fingerprint density at radius 2 is 2.16 bits per heavy atom. The number of fused-ring (bicyclic) bond motifs is 1. The number of nitrogens with zero attached hydrogens (tertiary/aromatic N) is 2. The summed E-state index contributed by atoms with van der Waals surface area (Å²) in [4.78, 5) is 12.6. The first-order chi connectivity index (χ1) is 12.2. The number of para-hydroxylation sites is 1. The van der Waals surface area contributed by atoms with Gasteiger partial charge >= 0.3 is 0 Å². The fourth-order valence-corrected chi connectivity index (χ4v) is 4.30. The molecule has 1 atom stereocenters. The average Bonchev–Trinajstić information content (AvgIpc) is 3.22. The van der Waals surface area contributed by atoms with E-state index in [1.54, 1.807) is 0 Å². The second-order valence-corrected chi connectivity index (χ2v) is 7.39. The fourth-order valence-electron chi connectivity index (χ4n) is 4.30. The van der Waals surface area contributed by atoms with Crippen LogP contribution in [0.3, 0.4) is 0 Å². The van der Waals surface area contributed by atoms with E-state index in [2.05, 4.69) is 40.1 Å². The van der Waals surface area contributed by atoms with Crippen LogP contribution in [0.15, 0.2) is 24.3 Å². The molecule has 2 saturated heterocycles. The van der Waals surface area contributed by atoms with E-state index in [-0.39, 0.29) is 11.9 Å². The van der Waals surface area contributed by atoms with Crippen LogP contribution in [0.1, 0.15) is 31.9 Å². The lowest BCUT2D eigenvalue weighted by atomic mass is 9.77. The van der Waals surface area contributed by atoms with Crippen LogP contribution in [0, 0.1) is 5.41 Å². The summed E-state index contributed by atoms with van der Waals surface area (Å²) >= 11 is 0. The predicted octanol–water partition coefficient (Wildman–Crippen LogP) is 1.40. The van der Waals surface area contributed by atoms with Crippen LogP contribution in [0.25, 0.3) is 10.9 Å². The van der Waals surface area contributed by atoms with Gasteiger partial charge in [0, 0.05) is 18.5 Å². The number of benzene rings is 1. The van der Waals surface area contributed by atoms with E-state index in [1.807, 2.05) is 16.8 Å². The molecule has 4 rings (SSSR count). The molecule has 0 bridgehead atoms. The third-order valence-corrected chi connectivity index (χ3v) is 5.81. The van der Waals surface area contributed by atoms with Gasteiger partial charge in [0.05, 0.1) is 23.8 Å². The van der Waals surface area contributed by atoms with Crippen molar-refractivity contribution in [2.75, 3.05) is 19.6 Å². The van der Waals surface area contributed by atoms with Crippen LogP contribution < -0.4 is 16.0 Å². The van der Waals surface area contributed by atoms with E-state index in [9.17, 15) is 4.79 Å². The summed E-state index contributed by atoms with van der Waals surface area (Å²) in [5.41, 5.74) is 2.38. The highest BCUT2D eigenvalue weighted by Gasteiger charge is 2.42. The van der Waals surface area contributed by atoms with E-state index in [0.717, 1.165) is 62.0 Å². The molecule has 1 spiro atoms. The maximum absolute atomic E-state index is 12.6. The number of hydrogen-bond donors (Lipinski definition) is 3. The lowest BCUT2D eigenvalue weighted by Crippen LogP contribution is -2.40. The number of aromatic nitrogens is 2. The number of carbonyl (C=O) groups is 1. The van der Waals surface area contributed by atoms with E-state index >= 15 is 0 Å². The van der Waals surface area contributed by atoms with Crippen molar-refractivity contribution in [2.24, 2.45) is 5.41 Å². The monoisotopic (exact) mass is 341 g/mol. The van der Waals surface area contributed by atoms with Gasteiger partial charge in [0.15, 0.2) is 0 Å². The van der Waals surface area contributed by atoms with Crippen LogP contribution in [0.5, 0.6) is 0 Å². The maximum atomic E-state index is 12.6. The molecular formula is C19H27N5O. The summed E-state index contributed by atoms with van der Waals surface area (Å²) in [5, 5.41) is 15.7. The number of amides is 1. The topological polar surface area (TPSA) is 71.0 Å². The Labute approximate surface area is 148 Å². The average molecular weight is 341 g/mol. The first-order valence-corrected chi connectivity index (χ1v) is 9.37. The van der Waals surface area contributed by atoms with Crippen molar-refractivity contribution in [3.8, 4) is 0 Å². The van der Waals surface area contributed by atoms with Gasteiger partial charge in [0.1, 0.15) is 0 Å². The van der Waals surface area contributed by atoms with Crippen LogP contribution in [-0.2, 0) is 17.9 Å². The summed E-state index contributed by atoms with van der Waals surface area (Å²) in [5.74, 6) is 0.102.